The molecular formula is C14H18N2O3. The van der Waals surface area contributed by atoms with E-state index in [1.807, 2.05) is 24.3 Å². The Morgan fingerprint density at radius 1 is 1.26 bits per heavy atom. The Morgan fingerprint density at radius 3 is 2.95 bits per heavy atom. The minimum Gasteiger partial charge on any atom is -0.497 e. The van der Waals surface area contributed by atoms with E-state index in [1.54, 1.807) is 13.3 Å². The number of hydrogen-bond donors (Lipinski definition) is 2. The van der Waals surface area contributed by atoms with Crippen LogP contribution in [0.2, 0.25) is 0 Å². The summed E-state index contributed by atoms with van der Waals surface area (Å²) < 4.78 is 10.4. The molecule has 0 aliphatic rings. The van der Waals surface area contributed by atoms with Gasteiger partial charge in [0.05, 0.1) is 26.9 Å². The monoisotopic (exact) mass is 262 g/mol. The Bertz CT molecular complexity index is 531. The highest BCUT2D eigenvalue weighted by Gasteiger charge is 2.03. The lowest BCUT2D eigenvalue weighted by Crippen LogP contribution is -2.12. The Morgan fingerprint density at radius 2 is 2.16 bits per heavy atom. The first-order valence-electron chi connectivity index (χ1n) is 6.20. The van der Waals surface area contributed by atoms with Gasteiger partial charge in [-0.15, -0.1) is 0 Å². The molecule has 0 amide bonds. The molecule has 1 aromatic carbocycles. The molecule has 0 atom stereocenters. The second-order valence-corrected chi connectivity index (χ2v) is 4.01. The SMILES string of the molecule is COc1ccc2c(NCCOCCO)nccc2c1. The minimum atomic E-state index is 0.0479. The van der Waals surface area contributed by atoms with Gasteiger partial charge in [-0.1, -0.05) is 0 Å². The number of ether oxygens (including phenoxy) is 2. The molecular weight excluding hydrogens is 244 g/mol. The highest BCUT2D eigenvalue weighted by atomic mass is 16.5. The van der Waals surface area contributed by atoms with Gasteiger partial charge in [-0.05, 0) is 29.7 Å². The fourth-order valence-electron chi connectivity index (χ4n) is 1.83. The molecule has 0 radical (unpaired) electrons. The third-order valence-electron chi connectivity index (χ3n) is 2.75. The zero-order valence-electron chi connectivity index (χ0n) is 10.9. The number of hydrogen-bond acceptors (Lipinski definition) is 5. The van der Waals surface area contributed by atoms with E-state index in [4.69, 9.17) is 14.6 Å². The summed E-state index contributed by atoms with van der Waals surface area (Å²) in [6, 6.07) is 7.82. The predicted molar refractivity (Wildman–Crippen MR) is 74.7 cm³/mol. The molecule has 0 saturated carbocycles. The van der Waals surface area contributed by atoms with E-state index in [2.05, 4.69) is 10.3 Å². The number of benzene rings is 1. The summed E-state index contributed by atoms with van der Waals surface area (Å²) >= 11 is 0. The van der Waals surface area contributed by atoms with Gasteiger partial charge in [0.2, 0.25) is 0 Å². The fraction of sp³-hybridized carbons (Fsp3) is 0.357. The fourth-order valence-corrected chi connectivity index (χ4v) is 1.83. The summed E-state index contributed by atoms with van der Waals surface area (Å²) in [5, 5.41) is 14.0. The van der Waals surface area contributed by atoms with Crippen molar-refractivity contribution in [3.63, 3.8) is 0 Å². The number of aliphatic hydroxyl groups is 1. The normalized spacial score (nSPS) is 10.6. The van der Waals surface area contributed by atoms with Crippen molar-refractivity contribution in [1.82, 2.24) is 4.98 Å². The number of aromatic nitrogens is 1. The van der Waals surface area contributed by atoms with Crippen LogP contribution in [-0.2, 0) is 4.74 Å². The van der Waals surface area contributed by atoms with Gasteiger partial charge in [0.15, 0.2) is 0 Å². The highest BCUT2D eigenvalue weighted by Crippen LogP contribution is 2.24. The van der Waals surface area contributed by atoms with Crippen molar-refractivity contribution >= 4 is 16.6 Å². The Kier molecular flexibility index (Phi) is 4.94. The molecule has 0 unspecified atom stereocenters. The number of aliphatic hydroxyl groups excluding tert-OH is 1. The van der Waals surface area contributed by atoms with Gasteiger partial charge < -0.3 is 19.9 Å². The molecule has 0 saturated heterocycles. The molecule has 0 bridgehead atoms. The van der Waals surface area contributed by atoms with Gasteiger partial charge in [0, 0.05) is 18.1 Å². The summed E-state index contributed by atoms with van der Waals surface area (Å²) in [6.45, 7) is 1.60. The lowest BCUT2D eigenvalue weighted by molar-refractivity contribution is 0.0992. The standard InChI is InChI=1S/C14H18N2O3/c1-18-12-2-3-13-11(10-12)4-5-15-14(13)16-6-8-19-9-7-17/h2-5,10,17H,6-9H2,1H3,(H,15,16). The van der Waals surface area contributed by atoms with E-state index < -0.39 is 0 Å². The Labute approximate surface area is 112 Å². The van der Waals surface area contributed by atoms with Crippen LogP contribution in [0.5, 0.6) is 5.75 Å². The quantitative estimate of drug-likeness (QED) is 0.743. The summed E-state index contributed by atoms with van der Waals surface area (Å²) in [7, 11) is 1.65. The van der Waals surface area contributed by atoms with Gasteiger partial charge in [-0.2, -0.15) is 0 Å². The van der Waals surface area contributed by atoms with Crippen LogP contribution >= 0.6 is 0 Å². The summed E-state index contributed by atoms with van der Waals surface area (Å²) in [6.07, 6.45) is 1.76. The van der Waals surface area contributed by atoms with Crippen molar-refractivity contribution in [2.75, 3.05) is 38.8 Å². The van der Waals surface area contributed by atoms with Gasteiger partial charge in [-0.3, -0.25) is 0 Å². The van der Waals surface area contributed by atoms with E-state index in [1.165, 1.54) is 0 Å². The molecule has 19 heavy (non-hydrogen) atoms. The van der Waals surface area contributed by atoms with Crippen molar-refractivity contribution < 1.29 is 14.6 Å². The van der Waals surface area contributed by atoms with Gasteiger partial charge in [0.25, 0.3) is 0 Å². The van der Waals surface area contributed by atoms with Crippen molar-refractivity contribution in [3.8, 4) is 5.75 Å². The lowest BCUT2D eigenvalue weighted by Gasteiger charge is -2.09. The first-order valence-corrected chi connectivity index (χ1v) is 6.20. The van der Waals surface area contributed by atoms with Crippen LogP contribution < -0.4 is 10.1 Å². The molecule has 1 heterocycles. The van der Waals surface area contributed by atoms with E-state index in [-0.39, 0.29) is 6.61 Å². The van der Waals surface area contributed by atoms with Crippen LogP contribution in [0.3, 0.4) is 0 Å². The van der Waals surface area contributed by atoms with Crippen molar-refractivity contribution in [2.24, 2.45) is 0 Å². The zero-order chi connectivity index (χ0) is 13.5. The van der Waals surface area contributed by atoms with Crippen LogP contribution in [0.25, 0.3) is 10.8 Å². The van der Waals surface area contributed by atoms with Crippen molar-refractivity contribution in [1.29, 1.82) is 0 Å². The van der Waals surface area contributed by atoms with E-state index >= 15 is 0 Å². The predicted octanol–water partition coefficient (Wildman–Crippen LogP) is 1.66. The second kappa shape index (κ2) is 6.92. The number of fused-ring (bicyclic) bond motifs is 1. The van der Waals surface area contributed by atoms with Gasteiger partial charge >= 0.3 is 0 Å². The summed E-state index contributed by atoms with van der Waals surface area (Å²) in [4.78, 5) is 4.32. The number of rotatable bonds is 7. The Balaban J connectivity index is 2.06. The summed E-state index contributed by atoms with van der Waals surface area (Å²) in [5.41, 5.74) is 0. The molecule has 0 aliphatic carbocycles. The van der Waals surface area contributed by atoms with Gasteiger partial charge in [0.1, 0.15) is 11.6 Å². The Hall–Kier alpha value is -1.85. The molecule has 0 spiro atoms. The maximum Gasteiger partial charge on any atom is 0.133 e. The van der Waals surface area contributed by atoms with Crippen LogP contribution in [0.15, 0.2) is 30.5 Å². The number of methoxy groups -OCH3 is 1. The molecule has 5 heteroatoms. The largest absolute Gasteiger partial charge is 0.497 e. The molecule has 1 aromatic heterocycles. The third kappa shape index (κ3) is 3.56. The number of nitrogens with zero attached hydrogens (tertiary/aromatic N) is 1. The maximum absolute atomic E-state index is 8.60. The molecule has 0 aliphatic heterocycles. The van der Waals surface area contributed by atoms with Crippen LogP contribution in [0.4, 0.5) is 5.82 Å². The van der Waals surface area contributed by atoms with Crippen molar-refractivity contribution in [3.05, 3.63) is 30.5 Å². The number of nitrogens with one attached hydrogen (secondary N) is 1. The average Bonchev–Trinajstić information content (AvgIpc) is 2.46. The van der Waals surface area contributed by atoms with Crippen LogP contribution in [0.1, 0.15) is 0 Å². The van der Waals surface area contributed by atoms with E-state index in [9.17, 15) is 0 Å². The molecule has 2 rings (SSSR count). The first-order chi connectivity index (χ1) is 9.35. The lowest BCUT2D eigenvalue weighted by atomic mass is 10.1. The number of anilines is 1. The van der Waals surface area contributed by atoms with Crippen LogP contribution in [-0.4, -0.2) is 43.6 Å². The zero-order valence-corrected chi connectivity index (χ0v) is 10.9. The topological polar surface area (TPSA) is 63.6 Å². The van der Waals surface area contributed by atoms with E-state index in [0.29, 0.717) is 19.8 Å². The molecule has 102 valence electrons. The second-order valence-electron chi connectivity index (χ2n) is 4.01. The average molecular weight is 262 g/mol. The molecule has 0 fully saturated rings. The molecule has 2 N–H and O–H groups in total. The smallest absolute Gasteiger partial charge is 0.133 e. The third-order valence-corrected chi connectivity index (χ3v) is 2.75. The molecule has 2 aromatic rings. The maximum atomic E-state index is 8.60. The minimum absolute atomic E-state index is 0.0479. The van der Waals surface area contributed by atoms with Gasteiger partial charge in [-0.25, -0.2) is 4.98 Å². The van der Waals surface area contributed by atoms with Crippen molar-refractivity contribution in [2.45, 2.75) is 0 Å². The van der Waals surface area contributed by atoms with Crippen LogP contribution in [0, 0.1) is 0 Å². The highest BCUT2D eigenvalue weighted by molar-refractivity contribution is 5.92. The first kappa shape index (κ1) is 13.6. The molecule has 5 nitrogen and oxygen atoms in total. The van der Waals surface area contributed by atoms with E-state index in [0.717, 1.165) is 22.3 Å². The number of pyridine rings is 1. The summed E-state index contributed by atoms with van der Waals surface area (Å²) in [5.74, 6) is 1.66.